The van der Waals surface area contributed by atoms with Crippen LogP contribution in [-0.4, -0.2) is 16.8 Å². The van der Waals surface area contributed by atoms with Crippen molar-refractivity contribution < 1.29 is 27.1 Å². The molecular weight excluding hydrogens is 493 g/mol. The first kappa shape index (κ1) is 27.4. The zero-order valence-electron chi connectivity index (χ0n) is 20.5. The summed E-state index contributed by atoms with van der Waals surface area (Å²) in [7, 11) is 0. The van der Waals surface area contributed by atoms with Crippen molar-refractivity contribution in [3.8, 4) is 10.6 Å². The summed E-state index contributed by atoms with van der Waals surface area (Å²) in [5.41, 5.74) is -0.738. The third-order valence-electron chi connectivity index (χ3n) is 5.49. The number of carbonyl (C=O) groups is 1. The highest BCUT2D eigenvalue weighted by Crippen LogP contribution is 2.44. The molecular formula is C27H31F3O3S2. The second-order valence-electron chi connectivity index (χ2n) is 9.24. The number of carbonyl (C=O) groups excluding carboxylic acids is 1. The first-order valence-corrected chi connectivity index (χ1v) is 13.4. The number of hydrogen-bond donors (Lipinski definition) is 0. The monoisotopic (exact) mass is 524 g/mol. The molecule has 190 valence electrons. The van der Waals surface area contributed by atoms with Gasteiger partial charge in [0.2, 0.25) is 0 Å². The van der Waals surface area contributed by atoms with E-state index in [1.807, 2.05) is 39.0 Å². The van der Waals surface area contributed by atoms with Crippen molar-refractivity contribution >= 4 is 40.0 Å². The minimum Gasteiger partial charge on any atom is -0.456 e. The summed E-state index contributed by atoms with van der Waals surface area (Å²) < 4.78 is 52.6. The number of thioether (sulfide) groups is 1. The van der Waals surface area contributed by atoms with Crippen LogP contribution in [0, 0.1) is 0 Å². The number of alkyl halides is 3. The highest BCUT2D eigenvalue weighted by molar-refractivity contribution is 8.00. The minimum absolute atomic E-state index is 0.120. The Balaban J connectivity index is 1.81. The van der Waals surface area contributed by atoms with E-state index in [9.17, 15) is 18.0 Å². The van der Waals surface area contributed by atoms with Gasteiger partial charge in [0.25, 0.3) is 0 Å². The van der Waals surface area contributed by atoms with Crippen LogP contribution in [0.1, 0.15) is 63.8 Å². The Morgan fingerprint density at radius 3 is 2.63 bits per heavy atom. The van der Waals surface area contributed by atoms with Gasteiger partial charge in [-0.2, -0.15) is 13.2 Å². The van der Waals surface area contributed by atoms with E-state index >= 15 is 0 Å². The lowest BCUT2D eigenvalue weighted by molar-refractivity contribution is -0.150. The third kappa shape index (κ3) is 7.40. The van der Waals surface area contributed by atoms with Gasteiger partial charge in [-0.1, -0.05) is 33.3 Å². The lowest BCUT2D eigenvalue weighted by atomic mass is 10.0. The number of rotatable bonds is 11. The Hall–Kier alpha value is -2.19. The maximum absolute atomic E-state index is 13.8. The molecule has 1 aromatic carbocycles. The Bertz CT molecular complexity index is 1170. The molecule has 35 heavy (non-hydrogen) atoms. The summed E-state index contributed by atoms with van der Waals surface area (Å²) in [6.45, 7) is 11.2. The maximum atomic E-state index is 13.8. The van der Waals surface area contributed by atoms with Gasteiger partial charge in [0.1, 0.15) is 16.9 Å². The number of unbranched alkanes of at least 4 members (excludes halogenated alkanes) is 2. The molecule has 0 fully saturated rings. The highest BCUT2D eigenvalue weighted by Gasteiger charge is 2.36. The van der Waals surface area contributed by atoms with Crippen molar-refractivity contribution in [2.45, 2.75) is 81.7 Å². The van der Waals surface area contributed by atoms with E-state index < -0.39 is 23.3 Å². The van der Waals surface area contributed by atoms with Crippen molar-refractivity contribution in [3.05, 3.63) is 53.4 Å². The van der Waals surface area contributed by atoms with Crippen LogP contribution in [0.3, 0.4) is 0 Å². The number of hydrogen-bond acceptors (Lipinski definition) is 5. The van der Waals surface area contributed by atoms with Crippen LogP contribution in [0.5, 0.6) is 0 Å². The van der Waals surface area contributed by atoms with Crippen LogP contribution in [0.4, 0.5) is 13.2 Å². The van der Waals surface area contributed by atoms with Crippen molar-refractivity contribution in [2.75, 3.05) is 0 Å². The molecule has 1 atom stereocenters. The standard InChI is InChI=1S/C27H31F3O3S2/c1-6-8-9-10-19-14-21(27(28,29)30)25(35-19)23-13-18-11-12-20(15-22(18)32-23)34-17(3)16-26(4,5)33-24(31)7-2/h7,11-15,17H,2,6,8-10,16H2,1,3-5H3. The Labute approximate surface area is 212 Å². The number of aryl methyl sites for hydroxylation is 1. The predicted molar refractivity (Wildman–Crippen MR) is 138 cm³/mol. The van der Waals surface area contributed by atoms with Gasteiger partial charge in [0.15, 0.2) is 0 Å². The van der Waals surface area contributed by atoms with Crippen LogP contribution in [-0.2, 0) is 22.1 Å². The van der Waals surface area contributed by atoms with Crippen LogP contribution >= 0.6 is 23.1 Å². The topological polar surface area (TPSA) is 39.4 Å². The average Bonchev–Trinajstić information content (AvgIpc) is 3.36. The van der Waals surface area contributed by atoms with Crippen LogP contribution in [0.25, 0.3) is 21.6 Å². The molecule has 0 aliphatic carbocycles. The Kier molecular flexibility index (Phi) is 8.81. The fraction of sp³-hybridized carbons (Fsp3) is 0.444. The zero-order valence-corrected chi connectivity index (χ0v) is 22.1. The second-order valence-corrected chi connectivity index (χ2v) is 11.9. The first-order chi connectivity index (χ1) is 16.4. The molecule has 3 nitrogen and oxygen atoms in total. The molecule has 0 spiro atoms. The van der Waals surface area contributed by atoms with Crippen molar-refractivity contribution in [1.29, 1.82) is 0 Å². The van der Waals surface area contributed by atoms with Gasteiger partial charge in [-0.3, -0.25) is 0 Å². The van der Waals surface area contributed by atoms with E-state index in [-0.39, 0.29) is 15.9 Å². The summed E-state index contributed by atoms with van der Waals surface area (Å²) >= 11 is 2.76. The predicted octanol–water partition coefficient (Wildman–Crippen LogP) is 9.29. The normalized spacial score (nSPS) is 13.2. The smallest absolute Gasteiger partial charge is 0.417 e. The van der Waals surface area contributed by atoms with Crippen molar-refractivity contribution in [1.82, 2.24) is 0 Å². The first-order valence-electron chi connectivity index (χ1n) is 11.7. The van der Waals surface area contributed by atoms with Crippen LogP contribution < -0.4 is 0 Å². The molecule has 0 aliphatic heterocycles. The van der Waals surface area contributed by atoms with Gasteiger partial charge in [-0.05, 0) is 63.4 Å². The maximum Gasteiger partial charge on any atom is 0.417 e. The molecule has 1 unspecified atom stereocenters. The van der Waals surface area contributed by atoms with Gasteiger partial charge < -0.3 is 9.15 Å². The van der Waals surface area contributed by atoms with E-state index in [1.165, 1.54) is 17.4 Å². The van der Waals surface area contributed by atoms with Gasteiger partial charge >= 0.3 is 12.1 Å². The third-order valence-corrected chi connectivity index (χ3v) is 7.79. The molecule has 2 aromatic heterocycles. The SMILES string of the molecule is C=CC(=O)OC(C)(C)CC(C)Sc1ccc2cc(-c3sc(CCCCC)cc3C(F)(F)F)oc2c1. The molecule has 0 radical (unpaired) electrons. The number of fused-ring (bicyclic) bond motifs is 1. The molecule has 2 heterocycles. The second kappa shape index (κ2) is 11.2. The number of ether oxygens (including phenoxy) is 1. The Morgan fingerprint density at radius 1 is 1.23 bits per heavy atom. The summed E-state index contributed by atoms with van der Waals surface area (Å²) in [6, 6.07) is 8.60. The Morgan fingerprint density at radius 2 is 1.97 bits per heavy atom. The lowest BCUT2D eigenvalue weighted by Gasteiger charge is -2.27. The van der Waals surface area contributed by atoms with Crippen LogP contribution in [0.15, 0.2) is 52.3 Å². The summed E-state index contributed by atoms with van der Waals surface area (Å²) in [5.74, 6) is -0.219. The molecule has 0 amide bonds. The van der Waals surface area contributed by atoms with E-state index in [0.717, 1.165) is 40.5 Å². The summed E-state index contributed by atoms with van der Waals surface area (Å²) in [6.07, 6.45) is 0.842. The van der Waals surface area contributed by atoms with E-state index in [1.54, 1.807) is 17.8 Å². The fourth-order valence-electron chi connectivity index (χ4n) is 4.03. The number of thiophene rings is 1. The largest absolute Gasteiger partial charge is 0.456 e. The summed E-state index contributed by atoms with van der Waals surface area (Å²) in [4.78, 5) is 13.3. The van der Waals surface area contributed by atoms with E-state index in [0.29, 0.717) is 18.4 Å². The number of halogens is 3. The molecule has 3 rings (SSSR count). The molecule has 0 bridgehead atoms. The van der Waals surface area contributed by atoms with E-state index in [4.69, 9.17) is 9.15 Å². The van der Waals surface area contributed by atoms with Crippen molar-refractivity contribution in [3.63, 3.8) is 0 Å². The molecule has 0 N–H and O–H groups in total. The van der Waals surface area contributed by atoms with Crippen LogP contribution in [0.2, 0.25) is 0 Å². The quantitative estimate of drug-likeness (QED) is 0.108. The van der Waals surface area contributed by atoms with Gasteiger partial charge in [0.05, 0.1) is 10.4 Å². The number of esters is 1. The molecule has 0 saturated heterocycles. The molecule has 8 heteroatoms. The van der Waals surface area contributed by atoms with Gasteiger partial charge in [-0.15, -0.1) is 23.1 Å². The summed E-state index contributed by atoms with van der Waals surface area (Å²) in [5, 5.41) is 0.876. The number of furan rings is 1. The molecule has 0 aliphatic rings. The molecule has 0 saturated carbocycles. The van der Waals surface area contributed by atoms with Gasteiger partial charge in [0, 0.05) is 26.5 Å². The zero-order chi connectivity index (χ0) is 25.8. The number of benzene rings is 1. The van der Waals surface area contributed by atoms with Gasteiger partial charge in [-0.25, -0.2) is 4.79 Å². The fourth-order valence-corrected chi connectivity index (χ4v) is 6.47. The molecule has 3 aromatic rings. The average molecular weight is 525 g/mol. The van der Waals surface area contributed by atoms with Crippen molar-refractivity contribution in [2.24, 2.45) is 0 Å². The highest BCUT2D eigenvalue weighted by atomic mass is 32.2. The van der Waals surface area contributed by atoms with E-state index in [2.05, 4.69) is 13.5 Å². The minimum atomic E-state index is -4.44. The lowest BCUT2D eigenvalue weighted by Crippen LogP contribution is -2.30.